The van der Waals surface area contributed by atoms with Crippen molar-refractivity contribution in [1.82, 2.24) is 4.98 Å². The molecule has 1 rings (SSSR count). The normalized spacial score (nSPS) is 11.8. The Morgan fingerprint density at radius 1 is 1.31 bits per heavy atom. The third-order valence-corrected chi connectivity index (χ3v) is 1.96. The molecule has 0 aliphatic heterocycles. The van der Waals surface area contributed by atoms with Crippen molar-refractivity contribution in [2.45, 2.75) is 12.9 Å². The minimum absolute atomic E-state index is 0.196. The van der Waals surface area contributed by atoms with E-state index >= 15 is 0 Å². The number of rotatable bonds is 1. The van der Waals surface area contributed by atoms with Crippen LogP contribution in [-0.2, 0) is 12.9 Å². The van der Waals surface area contributed by atoms with Crippen LogP contribution in [0.25, 0.3) is 0 Å². The van der Waals surface area contributed by atoms with E-state index in [0.717, 1.165) is 6.07 Å². The first-order chi connectivity index (χ1) is 5.95. The molecule has 0 N–H and O–H groups in total. The summed E-state index contributed by atoms with van der Waals surface area (Å²) in [5.41, 5.74) is -1.56. The number of hydrogen-bond acceptors (Lipinski definition) is 1. The molecule has 1 heterocycles. The highest BCUT2D eigenvalue weighted by atomic mass is 127. The molecule has 0 amide bonds. The number of halogens is 5. The molecule has 0 atom stereocenters. The van der Waals surface area contributed by atoms with Crippen LogP contribution >= 0.6 is 22.6 Å². The van der Waals surface area contributed by atoms with E-state index < -0.39 is 24.1 Å². The summed E-state index contributed by atoms with van der Waals surface area (Å²) in [6, 6.07) is 2.43. The highest BCUT2D eigenvalue weighted by Crippen LogP contribution is 2.31. The number of pyridine rings is 1. The van der Waals surface area contributed by atoms with Crippen LogP contribution in [0.15, 0.2) is 12.1 Å². The van der Waals surface area contributed by atoms with Gasteiger partial charge in [-0.05, 0) is 28.7 Å². The molecule has 0 bridgehead atoms. The second kappa shape index (κ2) is 3.77. The van der Waals surface area contributed by atoms with Crippen molar-refractivity contribution in [2.24, 2.45) is 0 Å². The SMILES string of the molecule is FCc1ccc(I)nc1C(F)(F)F. The lowest BCUT2D eigenvalue weighted by Crippen LogP contribution is -2.12. The largest absolute Gasteiger partial charge is 0.433 e. The maximum absolute atomic E-state index is 12.2. The molecule has 1 aromatic heterocycles. The van der Waals surface area contributed by atoms with Gasteiger partial charge in [0.15, 0.2) is 5.69 Å². The smallest absolute Gasteiger partial charge is 0.246 e. The zero-order valence-electron chi connectivity index (χ0n) is 6.20. The van der Waals surface area contributed by atoms with E-state index in [0.29, 0.717) is 0 Å². The molecule has 0 aliphatic carbocycles. The standard InChI is InChI=1S/C7H4F4IN/c8-3-4-1-2-5(12)13-6(4)7(9,10)11/h1-2H,3H2. The van der Waals surface area contributed by atoms with E-state index in [2.05, 4.69) is 4.98 Å². The van der Waals surface area contributed by atoms with Gasteiger partial charge < -0.3 is 0 Å². The van der Waals surface area contributed by atoms with Gasteiger partial charge in [-0.1, -0.05) is 6.07 Å². The molecule has 1 nitrogen and oxygen atoms in total. The molecule has 13 heavy (non-hydrogen) atoms. The maximum Gasteiger partial charge on any atom is 0.433 e. The minimum atomic E-state index is -4.58. The predicted octanol–water partition coefficient (Wildman–Crippen LogP) is 3.17. The van der Waals surface area contributed by atoms with Crippen molar-refractivity contribution in [3.63, 3.8) is 0 Å². The van der Waals surface area contributed by atoms with E-state index in [1.807, 2.05) is 0 Å². The molecule has 0 saturated carbocycles. The quantitative estimate of drug-likeness (QED) is 0.441. The van der Waals surface area contributed by atoms with Gasteiger partial charge in [0, 0.05) is 5.56 Å². The third kappa shape index (κ3) is 2.52. The Morgan fingerprint density at radius 3 is 2.38 bits per heavy atom. The zero-order valence-corrected chi connectivity index (χ0v) is 8.36. The topological polar surface area (TPSA) is 12.9 Å². The summed E-state index contributed by atoms with van der Waals surface area (Å²) in [7, 11) is 0. The average molecular weight is 305 g/mol. The van der Waals surface area contributed by atoms with Gasteiger partial charge in [-0.25, -0.2) is 9.37 Å². The molecule has 72 valence electrons. The number of nitrogens with zero attached hydrogens (tertiary/aromatic N) is 1. The van der Waals surface area contributed by atoms with Crippen LogP contribution in [0.1, 0.15) is 11.3 Å². The fourth-order valence-corrected chi connectivity index (χ4v) is 1.24. The fourth-order valence-electron chi connectivity index (χ4n) is 0.817. The number of aromatic nitrogens is 1. The first kappa shape index (κ1) is 10.7. The first-order valence-corrected chi connectivity index (χ1v) is 4.31. The summed E-state index contributed by atoms with van der Waals surface area (Å²) in [5.74, 6) is 0. The van der Waals surface area contributed by atoms with Gasteiger partial charge in [-0.15, -0.1) is 0 Å². The zero-order chi connectivity index (χ0) is 10.1. The molecule has 0 unspecified atom stereocenters. The van der Waals surface area contributed by atoms with Crippen molar-refractivity contribution < 1.29 is 17.6 Å². The Bertz CT molecular complexity index is 310. The van der Waals surface area contributed by atoms with Crippen LogP contribution in [0.4, 0.5) is 17.6 Å². The van der Waals surface area contributed by atoms with Crippen molar-refractivity contribution in [2.75, 3.05) is 0 Å². The van der Waals surface area contributed by atoms with Crippen molar-refractivity contribution >= 4 is 22.6 Å². The lowest BCUT2D eigenvalue weighted by atomic mass is 10.2. The lowest BCUT2D eigenvalue weighted by Gasteiger charge is -2.09. The van der Waals surface area contributed by atoms with Crippen LogP contribution in [0.5, 0.6) is 0 Å². The monoisotopic (exact) mass is 305 g/mol. The Kier molecular flexibility index (Phi) is 3.09. The number of alkyl halides is 4. The Balaban J connectivity index is 3.24. The van der Waals surface area contributed by atoms with Crippen molar-refractivity contribution in [3.8, 4) is 0 Å². The van der Waals surface area contributed by atoms with Crippen LogP contribution in [0.3, 0.4) is 0 Å². The van der Waals surface area contributed by atoms with Gasteiger partial charge in [0.25, 0.3) is 0 Å². The van der Waals surface area contributed by atoms with E-state index in [4.69, 9.17) is 0 Å². The molecule has 0 fully saturated rings. The third-order valence-electron chi connectivity index (χ3n) is 1.36. The Hall–Kier alpha value is -0.400. The second-order valence-electron chi connectivity index (χ2n) is 2.27. The van der Waals surface area contributed by atoms with Gasteiger partial charge in [-0.2, -0.15) is 13.2 Å². The summed E-state index contributed by atoms with van der Waals surface area (Å²) in [6.07, 6.45) is -4.58. The predicted molar refractivity (Wildman–Crippen MR) is 46.8 cm³/mol. The molecular weight excluding hydrogens is 301 g/mol. The molecule has 0 aliphatic rings. The van der Waals surface area contributed by atoms with E-state index in [-0.39, 0.29) is 3.70 Å². The highest BCUT2D eigenvalue weighted by molar-refractivity contribution is 14.1. The summed E-state index contributed by atoms with van der Waals surface area (Å²) in [5, 5.41) is 0. The summed E-state index contributed by atoms with van der Waals surface area (Å²) >= 11 is 1.64. The first-order valence-electron chi connectivity index (χ1n) is 3.23. The molecule has 6 heteroatoms. The van der Waals surface area contributed by atoms with Gasteiger partial charge in [0.2, 0.25) is 0 Å². The highest BCUT2D eigenvalue weighted by Gasteiger charge is 2.35. The van der Waals surface area contributed by atoms with E-state index in [9.17, 15) is 17.6 Å². The van der Waals surface area contributed by atoms with Crippen molar-refractivity contribution in [1.29, 1.82) is 0 Å². The van der Waals surface area contributed by atoms with Gasteiger partial charge in [-0.3, -0.25) is 0 Å². The van der Waals surface area contributed by atoms with E-state index in [1.54, 1.807) is 22.6 Å². The molecular formula is C7H4F4IN. The van der Waals surface area contributed by atoms with Crippen LogP contribution < -0.4 is 0 Å². The van der Waals surface area contributed by atoms with Crippen LogP contribution in [-0.4, -0.2) is 4.98 Å². The summed E-state index contributed by atoms with van der Waals surface area (Å²) < 4.78 is 48.9. The summed E-state index contributed by atoms with van der Waals surface area (Å²) in [4.78, 5) is 3.24. The maximum atomic E-state index is 12.2. The van der Waals surface area contributed by atoms with Gasteiger partial charge >= 0.3 is 6.18 Å². The fraction of sp³-hybridized carbons (Fsp3) is 0.286. The minimum Gasteiger partial charge on any atom is -0.246 e. The molecule has 0 aromatic carbocycles. The molecule has 0 radical (unpaired) electrons. The van der Waals surface area contributed by atoms with Crippen molar-refractivity contribution in [3.05, 3.63) is 27.1 Å². The van der Waals surface area contributed by atoms with E-state index in [1.165, 1.54) is 6.07 Å². The van der Waals surface area contributed by atoms with Gasteiger partial charge in [0.1, 0.15) is 10.4 Å². The molecule has 1 aromatic rings. The van der Waals surface area contributed by atoms with Crippen LogP contribution in [0.2, 0.25) is 0 Å². The summed E-state index contributed by atoms with van der Waals surface area (Å²) in [6.45, 7) is -1.15. The van der Waals surface area contributed by atoms with Gasteiger partial charge in [0.05, 0.1) is 0 Å². The lowest BCUT2D eigenvalue weighted by molar-refractivity contribution is -0.142. The molecule has 0 spiro atoms. The molecule has 0 saturated heterocycles. The number of hydrogen-bond donors (Lipinski definition) is 0. The average Bonchev–Trinajstić information content (AvgIpc) is 2.03. The van der Waals surface area contributed by atoms with Crippen LogP contribution in [0, 0.1) is 3.70 Å². The Labute approximate surface area is 85.3 Å². The second-order valence-corrected chi connectivity index (χ2v) is 3.38. The Morgan fingerprint density at radius 2 is 1.92 bits per heavy atom.